The van der Waals surface area contributed by atoms with E-state index in [9.17, 15) is 5.26 Å². The van der Waals surface area contributed by atoms with E-state index in [1.807, 2.05) is 49.4 Å². The molecule has 0 radical (unpaired) electrons. The third-order valence-corrected chi connectivity index (χ3v) is 4.59. The third kappa shape index (κ3) is 5.35. The second kappa shape index (κ2) is 9.64. The predicted octanol–water partition coefficient (Wildman–Crippen LogP) is 6.08. The minimum Gasteiger partial charge on any atom is -0.490 e. The molecule has 0 spiro atoms. The van der Waals surface area contributed by atoms with Crippen molar-refractivity contribution in [3.05, 3.63) is 68.2 Å². The van der Waals surface area contributed by atoms with Crippen molar-refractivity contribution in [2.24, 2.45) is 0 Å². The molecule has 25 heavy (non-hydrogen) atoms. The second-order valence-corrected chi connectivity index (χ2v) is 7.12. The highest BCUT2D eigenvalue weighted by atomic mass is 127. The number of allylic oxidation sites excluding steroid dienone is 1. The number of halogens is 2. The van der Waals surface area contributed by atoms with Gasteiger partial charge in [-0.25, -0.2) is 0 Å². The molecule has 0 N–H and O–H groups in total. The molecular weight excluding hydrogens is 493 g/mol. The summed E-state index contributed by atoms with van der Waals surface area (Å²) in [5.74, 6) is 1.36. The average Bonchev–Trinajstić information content (AvgIpc) is 2.60. The molecule has 0 aliphatic rings. The van der Waals surface area contributed by atoms with Crippen molar-refractivity contribution < 1.29 is 9.47 Å². The molecule has 0 amide bonds. The molecule has 0 fully saturated rings. The summed E-state index contributed by atoms with van der Waals surface area (Å²) in [6.45, 7) is 6.54. The van der Waals surface area contributed by atoms with Crippen LogP contribution in [0.2, 0.25) is 0 Å². The van der Waals surface area contributed by atoms with E-state index in [0.29, 0.717) is 30.3 Å². The van der Waals surface area contributed by atoms with E-state index in [2.05, 4.69) is 51.2 Å². The van der Waals surface area contributed by atoms with E-state index in [1.54, 1.807) is 6.08 Å². The SMILES string of the molecule is C=CCOc1c(I)cc(/C=C(\C#N)c2ccc(Br)cc2)cc1OCC. The average molecular weight is 510 g/mol. The number of benzene rings is 2. The van der Waals surface area contributed by atoms with Crippen LogP contribution in [0.25, 0.3) is 11.6 Å². The van der Waals surface area contributed by atoms with Gasteiger partial charge in [-0.1, -0.05) is 40.7 Å². The summed E-state index contributed by atoms with van der Waals surface area (Å²) in [5.41, 5.74) is 2.34. The van der Waals surface area contributed by atoms with E-state index in [0.717, 1.165) is 19.2 Å². The molecule has 0 saturated carbocycles. The number of ether oxygens (including phenoxy) is 2. The van der Waals surface area contributed by atoms with E-state index >= 15 is 0 Å². The third-order valence-electron chi connectivity index (χ3n) is 3.26. The van der Waals surface area contributed by atoms with Gasteiger partial charge in [0.05, 0.1) is 21.8 Å². The van der Waals surface area contributed by atoms with Crippen molar-refractivity contribution in [3.8, 4) is 17.6 Å². The fraction of sp³-hybridized carbons (Fsp3) is 0.150. The topological polar surface area (TPSA) is 42.2 Å². The first-order valence-electron chi connectivity index (χ1n) is 7.66. The Labute approximate surface area is 170 Å². The maximum Gasteiger partial charge on any atom is 0.174 e. The van der Waals surface area contributed by atoms with Crippen molar-refractivity contribution in [1.82, 2.24) is 0 Å². The predicted molar refractivity (Wildman–Crippen MR) is 114 cm³/mol. The van der Waals surface area contributed by atoms with Crippen LogP contribution in [-0.2, 0) is 0 Å². The van der Waals surface area contributed by atoms with Gasteiger partial charge in [0.15, 0.2) is 11.5 Å². The molecule has 3 nitrogen and oxygen atoms in total. The lowest BCUT2D eigenvalue weighted by Crippen LogP contribution is -2.01. The van der Waals surface area contributed by atoms with Crippen LogP contribution in [0.15, 0.2) is 53.5 Å². The van der Waals surface area contributed by atoms with Crippen molar-refractivity contribution in [2.45, 2.75) is 6.92 Å². The Hall–Kier alpha value is -1.78. The molecular formula is C20H17BrINO2. The van der Waals surface area contributed by atoms with Crippen molar-refractivity contribution in [2.75, 3.05) is 13.2 Å². The molecule has 0 heterocycles. The summed E-state index contributed by atoms with van der Waals surface area (Å²) in [4.78, 5) is 0. The van der Waals surface area contributed by atoms with Gasteiger partial charge >= 0.3 is 0 Å². The number of hydrogen-bond donors (Lipinski definition) is 0. The van der Waals surface area contributed by atoms with E-state index in [1.165, 1.54) is 0 Å². The first-order chi connectivity index (χ1) is 12.1. The van der Waals surface area contributed by atoms with Gasteiger partial charge in [0.1, 0.15) is 6.61 Å². The molecule has 5 heteroatoms. The van der Waals surface area contributed by atoms with E-state index in [4.69, 9.17) is 9.47 Å². The smallest absolute Gasteiger partial charge is 0.174 e. The normalized spacial score (nSPS) is 10.9. The first-order valence-corrected chi connectivity index (χ1v) is 9.54. The molecule has 0 aliphatic carbocycles. The first kappa shape index (κ1) is 19.5. The van der Waals surface area contributed by atoms with Crippen LogP contribution in [0.5, 0.6) is 11.5 Å². The lowest BCUT2D eigenvalue weighted by Gasteiger charge is -2.14. The maximum atomic E-state index is 9.52. The van der Waals surface area contributed by atoms with Gasteiger partial charge in [-0.05, 0) is 71.0 Å². The Morgan fingerprint density at radius 3 is 2.60 bits per heavy atom. The molecule has 2 aromatic carbocycles. The van der Waals surface area contributed by atoms with Crippen LogP contribution >= 0.6 is 38.5 Å². The molecule has 0 aliphatic heterocycles. The standard InChI is InChI=1S/C20H17BrINO2/c1-3-9-25-20-18(22)11-14(12-19(20)24-4-2)10-16(13-23)15-5-7-17(21)8-6-15/h3,5-8,10-12H,1,4,9H2,2H3/b16-10+. The van der Waals surface area contributed by atoms with Gasteiger partial charge in [0, 0.05) is 4.47 Å². The molecule has 0 unspecified atom stereocenters. The molecule has 0 atom stereocenters. The Kier molecular flexibility index (Phi) is 7.53. The van der Waals surface area contributed by atoms with Gasteiger partial charge in [-0.3, -0.25) is 0 Å². The summed E-state index contributed by atoms with van der Waals surface area (Å²) < 4.78 is 13.3. The minimum atomic E-state index is 0.410. The Morgan fingerprint density at radius 1 is 1.28 bits per heavy atom. The molecule has 0 bridgehead atoms. The van der Waals surface area contributed by atoms with E-state index in [-0.39, 0.29) is 0 Å². The van der Waals surface area contributed by atoms with Gasteiger partial charge < -0.3 is 9.47 Å². The maximum absolute atomic E-state index is 9.52. The number of nitrogens with zero attached hydrogens (tertiary/aromatic N) is 1. The monoisotopic (exact) mass is 509 g/mol. The molecule has 2 rings (SSSR count). The fourth-order valence-corrected chi connectivity index (χ4v) is 3.24. The van der Waals surface area contributed by atoms with Gasteiger partial charge in [0.2, 0.25) is 0 Å². The number of hydrogen-bond acceptors (Lipinski definition) is 3. The Balaban J connectivity index is 2.45. The summed E-state index contributed by atoms with van der Waals surface area (Å²) in [7, 11) is 0. The second-order valence-electron chi connectivity index (χ2n) is 5.04. The summed E-state index contributed by atoms with van der Waals surface area (Å²) in [6.07, 6.45) is 3.55. The van der Waals surface area contributed by atoms with Crippen molar-refractivity contribution in [3.63, 3.8) is 0 Å². The van der Waals surface area contributed by atoms with Crippen molar-refractivity contribution >= 4 is 50.2 Å². The zero-order valence-corrected chi connectivity index (χ0v) is 17.5. The zero-order valence-electron chi connectivity index (χ0n) is 13.8. The Bertz CT molecular complexity index is 823. The van der Waals surface area contributed by atoms with Crippen molar-refractivity contribution in [1.29, 1.82) is 5.26 Å². The highest BCUT2D eigenvalue weighted by Gasteiger charge is 2.12. The lowest BCUT2D eigenvalue weighted by atomic mass is 10.0. The molecule has 2 aromatic rings. The quantitative estimate of drug-likeness (QED) is 0.196. The molecule has 0 aromatic heterocycles. The van der Waals surface area contributed by atoms with Crippen LogP contribution in [-0.4, -0.2) is 13.2 Å². The highest BCUT2D eigenvalue weighted by Crippen LogP contribution is 2.35. The largest absolute Gasteiger partial charge is 0.490 e. The minimum absolute atomic E-state index is 0.410. The van der Waals surface area contributed by atoms with Crippen LogP contribution in [0.1, 0.15) is 18.1 Å². The number of rotatable bonds is 7. The van der Waals surface area contributed by atoms with Crippen LogP contribution < -0.4 is 9.47 Å². The van der Waals surface area contributed by atoms with Gasteiger partial charge in [0.25, 0.3) is 0 Å². The highest BCUT2D eigenvalue weighted by molar-refractivity contribution is 14.1. The van der Waals surface area contributed by atoms with E-state index < -0.39 is 0 Å². The van der Waals surface area contributed by atoms with Gasteiger partial charge in [-0.2, -0.15) is 5.26 Å². The Morgan fingerprint density at radius 2 is 2.00 bits per heavy atom. The van der Waals surface area contributed by atoms with Crippen LogP contribution in [0.4, 0.5) is 0 Å². The summed E-state index contributed by atoms with van der Waals surface area (Å²) in [6, 6.07) is 13.8. The summed E-state index contributed by atoms with van der Waals surface area (Å²) >= 11 is 5.62. The fourth-order valence-electron chi connectivity index (χ4n) is 2.19. The van der Waals surface area contributed by atoms with Crippen LogP contribution in [0, 0.1) is 14.9 Å². The molecule has 128 valence electrons. The molecule has 0 saturated heterocycles. The summed E-state index contributed by atoms with van der Waals surface area (Å²) in [5, 5.41) is 9.52. The van der Waals surface area contributed by atoms with Gasteiger partial charge in [-0.15, -0.1) is 0 Å². The van der Waals surface area contributed by atoms with Crippen LogP contribution in [0.3, 0.4) is 0 Å². The lowest BCUT2D eigenvalue weighted by molar-refractivity contribution is 0.295. The zero-order chi connectivity index (χ0) is 18.2. The number of nitriles is 1.